The highest BCUT2D eigenvalue weighted by Crippen LogP contribution is 2.24. The molecule has 29 heavy (non-hydrogen) atoms. The molecular formula is C21H35IN4O3. The van der Waals surface area contributed by atoms with E-state index in [0.29, 0.717) is 25.7 Å². The molecule has 1 unspecified atom stereocenters. The smallest absolute Gasteiger partial charge is 0.239 e. The topological polar surface area (TPSA) is 84.0 Å². The van der Waals surface area contributed by atoms with Crippen molar-refractivity contribution in [2.75, 3.05) is 26.3 Å². The number of benzene rings is 1. The number of nitrogens with one attached hydrogen (secondary N) is 3. The van der Waals surface area contributed by atoms with Crippen molar-refractivity contribution in [1.82, 2.24) is 16.0 Å². The highest BCUT2D eigenvalue weighted by atomic mass is 127. The molecule has 0 radical (unpaired) electrons. The zero-order valence-corrected chi connectivity index (χ0v) is 20.5. The van der Waals surface area contributed by atoms with Gasteiger partial charge in [-0.2, -0.15) is 0 Å². The minimum Gasteiger partial charge on any atom is -0.488 e. The van der Waals surface area contributed by atoms with E-state index in [1.54, 1.807) is 0 Å². The van der Waals surface area contributed by atoms with Crippen LogP contribution in [0.15, 0.2) is 23.2 Å². The Kier molecular flexibility index (Phi) is 10.7. The molecule has 2 rings (SSSR count). The Balaban J connectivity index is 0.00000420. The summed E-state index contributed by atoms with van der Waals surface area (Å²) in [6.45, 7) is 12.6. The van der Waals surface area contributed by atoms with Crippen LogP contribution in [-0.4, -0.2) is 49.8 Å². The first kappa shape index (κ1) is 25.5. The summed E-state index contributed by atoms with van der Waals surface area (Å²) in [5.41, 5.74) is 1.89. The Bertz CT molecular complexity index is 683. The van der Waals surface area contributed by atoms with Gasteiger partial charge in [-0.15, -0.1) is 24.0 Å². The Morgan fingerprint density at radius 1 is 1.31 bits per heavy atom. The number of aliphatic imine (C=N–C) groups is 1. The molecule has 1 heterocycles. The molecule has 1 aromatic carbocycles. The fourth-order valence-electron chi connectivity index (χ4n) is 2.82. The second-order valence-electron chi connectivity index (χ2n) is 8.06. The minimum atomic E-state index is -0.258. The average molecular weight is 518 g/mol. The van der Waals surface area contributed by atoms with E-state index in [2.05, 4.69) is 27.0 Å². The monoisotopic (exact) mass is 518 g/mol. The van der Waals surface area contributed by atoms with Gasteiger partial charge in [0.05, 0.1) is 26.3 Å². The van der Waals surface area contributed by atoms with Crippen LogP contribution in [0.4, 0.5) is 0 Å². The van der Waals surface area contributed by atoms with Crippen molar-refractivity contribution in [2.45, 2.75) is 59.2 Å². The van der Waals surface area contributed by atoms with Gasteiger partial charge in [-0.05, 0) is 46.2 Å². The number of amides is 1. The van der Waals surface area contributed by atoms with Gasteiger partial charge in [0.25, 0.3) is 0 Å². The Labute approximate surface area is 191 Å². The largest absolute Gasteiger partial charge is 0.488 e. The molecule has 0 spiro atoms. The third-order valence-corrected chi connectivity index (χ3v) is 4.09. The number of ether oxygens (including phenoxy) is 2. The maximum absolute atomic E-state index is 12.0. The van der Waals surface area contributed by atoms with Crippen molar-refractivity contribution in [3.05, 3.63) is 29.3 Å². The summed E-state index contributed by atoms with van der Waals surface area (Å²) in [5.74, 6) is 1.38. The Hall–Kier alpha value is -1.55. The second kappa shape index (κ2) is 12.2. The lowest BCUT2D eigenvalue weighted by Gasteiger charge is -2.21. The quantitative estimate of drug-likeness (QED) is 0.294. The molecule has 1 aromatic rings. The van der Waals surface area contributed by atoms with Gasteiger partial charge >= 0.3 is 0 Å². The Morgan fingerprint density at radius 3 is 2.69 bits per heavy atom. The molecule has 1 saturated heterocycles. The standard InChI is InChI=1S/C21H34N4O3.HI/c1-6-22-20(24-13-19(26)25-21(3,4)5)23-12-16-8-7-15(2)11-18(16)28-17-9-10-27-14-17;/h7-8,11,17H,6,9-10,12-14H2,1-5H3,(H,25,26)(H2,22,23,24);1H. The van der Waals surface area contributed by atoms with Crippen LogP contribution < -0.4 is 20.7 Å². The number of hydrogen-bond acceptors (Lipinski definition) is 4. The lowest BCUT2D eigenvalue weighted by molar-refractivity contribution is -0.121. The molecule has 8 heteroatoms. The maximum Gasteiger partial charge on any atom is 0.239 e. The number of halogens is 1. The van der Waals surface area contributed by atoms with Crippen LogP contribution in [0.1, 0.15) is 45.2 Å². The van der Waals surface area contributed by atoms with E-state index in [0.717, 1.165) is 29.9 Å². The molecule has 1 atom stereocenters. The van der Waals surface area contributed by atoms with Crippen molar-refractivity contribution in [3.8, 4) is 5.75 Å². The summed E-state index contributed by atoms with van der Waals surface area (Å²) in [7, 11) is 0. The number of carbonyl (C=O) groups is 1. The molecule has 0 aromatic heterocycles. The number of rotatable bonds is 7. The van der Waals surface area contributed by atoms with Crippen LogP contribution >= 0.6 is 24.0 Å². The first-order valence-corrected chi connectivity index (χ1v) is 9.94. The number of hydrogen-bond donors (Lipinski definition) is 3. The number of aryl methyl sites for hydroxylation is 1. The van der Waals surface area contributed by atoms with Gasteiger partial charge < -0.3 is 25.4 Å². The van der Waals surface area contributed by atoms with E-state index < -0.39 is 0 Å². The van der Waals surface area contributed by atoms with Gasteiger partial charge in [0.1, 0.15) is 11.9 Å². The van der Waals surface area contributed by atoms with E-state index in [-0.39, 0.29) is 48.1 Å². The first-order valence-electron chi connectivity index (χ1n) is 9.94. The van der Waals surface area contributed by atoms with Crippen LogP contribution in [0.3, 0.4) is 0 Å². The number of carbonyl (C=O) groups excluding carboxylic acids is 1. The van der Waals surface area contributed by atoms with E-state index >= 15 is 0 Å². The number of guanidine groups is 1. The van der Waals surface area contributed by atoms with Crippen molar-refractivity contribution in [1.29, 1.82) is 0 Å². The SMILES string of the molecule is CCNC(=NCc1ccc(C)cc1OC1CCOC1)NCC(=O)NC(C)(C)C.I. The summed E-state index contributed by atoms with van der Waals surface area (Å²) < 4.78 is 11.5. The van der Waals surface area contributed by atoms with Crippen molar-refractivity contribution in [3.63, 3.8) is 0 Å². The normalized spacial score (nSPS) is 16.7. The molecule has 1 fully saturated rings. The molecule has 0 bridgehead atoms. The van der Waals surface area contributed by atoms with Crippen LogP contribution in [-0.2, 0) is 16.1 Å². The number of nitrogens with zero attached hydrogens (tertiary/aromatic N) is 1. The summed E-state index contributed by atoms with van der Waals surface area (Å²) in [6.07, 6.45) is 1.00. The molecule has 1 aliphatic heterocycles. The molecular weight excluding hydrogens is 483 g/mol. The van der Waals surface area contributed by atoms with E-state index in [4.69, 9.17) is 9.47 Å². The predicted octanol–water partition coefficient (Wildman–Crippen LogP) is 2.75. The molecule has 1 amide bonds. The van der Waals surface area contributed by atoms with Gasteiger partial charge in [-0.1, -0.05) is 12.1 Å². The molecule has 1 aliphatic rings. The van der Waals surface area contributed by atoms with Gasteiger partial charge in [0, 0.05) is 24.1 Å². The fourth-order valence-corrected chi connectivity index (χ4v) is 2.82. The first-order chi connectivity index (χ1) is 13.3. The van der Waals surface area contributed by atoms with Crippen molar-refractivity contribution in [2.24, 2.45) is 4.99 Å². The summed E-state index contributed by atoms with van der Waals surface area (Å²) >= 11 is 0. The van der Waals surface area contributed by atoms with Gasteiger partial charge in [0.2, 0.25) is 5.91 Å². The lowest BCUT2D eigenvalue weighted by atomic mass is 10.1. The third kappa shape index (κ3) is 9.66. The van der Waals surface area contributed by atoms with E-state index in [1.807, 2.05) is 46.8 Å². The van der Waals surface area contributed by atoms with Gasteiger partial charge in [0.15, 0.2) is 5.96 Å². The molecule has 0 aliphatic carbocycles. The summed E-state index contributed by atoms with van der Waals surface area (Å²) in [6, 6.07) is 6.14. The van der Waals surface area contributed by atoms with Crippen LogP contribution in [0, 0.1) is 6.92 Å². The van der Waals surface area contributed by atoms with Gasteiger partial charge in [-0.3, -0.25) is 4.79 Å². The molecule has 3 N–H and O–H groups in total. The Morgan fingerprint density at radius 2 is 2.07 bits per heavy atom. The zero-order valence-electron chi connectivity index (χ0n) is 18.1. The van der Waals surface area contributed by atoms with Crippen molar-refractivity contribution < 1.29 is 14.3 Å². The highest BCUT2D eigenvalue weighted by Gasteiger charge is 2.19. The summed E-state index contributed by atoms with van der Waals surface area (Å²) in [5, 5.41) is 9.19. The van der Waals surface area contributed by atoms with Crippen LogP contribution in [0.2, 0.25) is 0 Å². The minimum absolute atomic E-state index is 0. The van der Waals surface area contributed by atoms with E-state index in [9.17, 15) is 4.79 Å². The molecule has 7 nitrogen and oxygen atoms in total. The van der Waals surface area contributed by atoms with Crippen molar-refractivity contribution >= 4 is 35.8 Å². The zero-order chi connectivity index (χ0) is 20.6. The predicted molar refractivity (Wildman–Crippen MR) is 127 cm³/mol. The highest BCUT2D eigenvalue weighted by molar-refractivity contribution is 14.0. The fraction of sp³-hybridized carbons (Fsp3) is 0.619. The van der Waals surface area contributed by atoms with Gasteiger partial charge in [-0.25, -0.2) is 4.99 Å². The summed E-state index contributed by atoms with van der Waals surface area (Å²) in [4.78, 5) is 16.7. The van der Waals surface area contributed by atoms with Crippen LogP contribution in [0.5, 0.6) is 5.75 Å². The third-order valence-electron chi connectivity index (χ3n) is 4.09. The molecule has 164 valence electrons. The van der Waals surface area contributed by atoms with E-state index in [1.165, 1.54) is 0 Å². The molecule has 0 saturated carbocycles. The average Bonchev–Trinajstić information content (AvgIpc) is 3.10. The maximum atomic E-state index is 12.0. The lowest BCUT2D eigenvalue weighted by Crippen LogP contribution is -2.48. The van der Waals surface area contributed by atoms with Crippen LogP contribution in [0.25, 0.3) is 0 Å². The second-order valence-corrected chi connectivity index (χ2v) is 8.06.